The van der Waals surface area contributed by atoms with Crippen molar-refractivity contribution in [3.05, 3.63) is 23.9 Å². The molecule has 0 unspecified atom stereocenters. The summed E-state index contributed by atoms with van der Waals surface area (Å²) in [6.45, 7) is 1.96. The van der Waals surface area contributed by atoms with Gasteiger partial charge in [0.25, 0.3) is 0 Å². The predicted octanol–water partition coefficient (Wildman–Crippen LogP) is 0.570. The number of hydrogen-bond donors (Lipinski definition) is 1. The Balaban J connectivity index is 2.55. The second-order valence-corrected chi connectivity index (χ2v) is 2.42. The van der Waals surface area contributed by atoms with E-state index < -0.39 is 0 Å². The van der Waals surface area contributed by atoms with Gasteiger partial charge >= 0.3 is 0 Å². The van der Waals surface area contributed by atoms with Crippen LogP contribution in [0, 0.1) is 6.92 Å². The molecule has 2 aromatic heterocycles. The molecule has 0 radical (unpaired) electrons. The molecule has 0 aromatic carbocycles. The van der Waals surface area contributed by atoms with Gasteiger partial charge in [-0.3, -0.25) is 4.98 Å². The molecule has 2 aromatic rings. The van der Waals surface area contributed by atoms with E-state index in [4.69, 9.17) is 0 Å². The van der Waals surface area contributed by atoms with Crippen LogP contribution in [0.2, 0.25) is 0 Å². The van der Waals surface area contributed by atoms with Crippen molar-refractivity contribution in [1.29, 1.82) is 0 Å². The molecule has 5 heteroatoms. The molecule has 0 saturated heterocycles. The summed E-state index contributed by atoms with van der Waals surface area (Å²) in [6, 6.07) is 3.84. The maximum Gasteiger partial charge on any atom is 0.198 e. The molecule has 12 heavy (non-hydrogen) atoms. The normalized spacial score (nSPS) is 10.1. The smallest absolute Gasteiger partial charge is 0.198 e. The van der Waals surface area contributed by atoms with Crippen molar-refractivity contribution in [2.45, 2.75) is 6.92 Å². The lowest BCUT2D eigenvalue weighted by Crippen LogP contribution is -1.88. The highest BCUT2D eigenvalue weighted by Crippen LogP contribution is 2.13. The van der Waals surface area contributed by atoms with E-state index in [0.29, 0.717) is 5.82 Å². The van der Waals surface area contributed by atoms with Crippen molar-refractivity contribution >= 4 is 0 Å². The van der Waals surface area contributed by atoms with Gasteiger partial charge in [0.1, 0.15) is 5.69 Å². The van der Waals surface area contributed by atoms with Crippen LogP contribution in [0.15, 0.2) is 18.3 Å². The number of aryl methyl sites for hydroxylation is 1. The highest BCUT2D eigenvalue weighted by molar-refractivity contribution is 5.52. The van der Waals surface area contributed by atoms with Gasteiger partial charge in [0.05, 0.1) is 0 Å². The summed E-state index contributed by atoms with van der Waals surface area (Å²) in [4.78, 5) is 4.15. The molecule has 0 aliphatic heterocycles. The molecule has 0 atom stereocenters. The zero-order valence-electron chi connectivity index (χ0n) is 6.52. The average Bonchev–Trinajstić information content (AvgIpc) is 2.57. The summed E-state index contributed by atoms with van der Waals surface area (Å²) in [6.07, 6.45) is 1.71. The van der Waals surface area contributed by atoms with E-state index in [1.54, 1.807) is 6.20 Å². The molecular weight excluding hydrogens is 154 g/mol. The highest BCUT2D eigenvalue weighted by Gasteiger charge is 2.04. The molecule has 0 aliphatic carbocycles. The van der Waals surface area contributed by atoms with Crippen LogP contribution >= 0.6 is 0 Å². The molecule has 2 rings (SSSR count). The predicted molar refractivity (Wildman–Crippen MR) is 42.1 cm³/mol. The lowest BCUT2D eigenvalue weighted by Gasteiger charge is -1.96. The minimum Gasteiger partial charge on any atom is -0.253 e. The Morgan fingerprint density at radius 1 is 1.42 bits per heavy atom. The summed E-state index contributed by atoms with van der Waals surface area (Å²) < 4.78 is 0. The fourth-order valence-electron chi connectivity index (χ4n) is 0.993. The number of nitrogens with zero attached hydrogens (tertiary/aromatic N) is 4. The quantitative estimate of drug-likeness (QED) is 0.663. The first-order chi connectivity index (χ1) is 5.88. The minimum atomic E-state index is 0.605. The third-order valence-electron chi connectivity index (χ3n) is 1.58. The van der Waals surface area contributed by atoms with Gasteiger partial charge in [-0.1, -0.05) is 6.07 Å². The third kappa shape index (κ3) is 1.05. The van der Waals surface area contributed by atoms with Crippen LogP contribution in [0.5, 0.6) is 0 Å². The van der Waals surface area contributed by atoms with Crippen LogP contribution < -0.4 is 0 Å². The Bertz CT molecular complexity index is 367. The average molecular weight is 161 g/mol. The second-order valence-electron chi connectivity index (χ2n) is 2.42. The zero-order chi connectivity index (χ0) is 8.39. The summed E-state index contributed by atoms with van der Waals surface area (Å²) in [5.41, 5.74) is 1.85. The van der Waals surface area contributed by atoms with Gasteiger partial charge in [-0.25, -0.2) is 5.10 Å². The molecule has 0 spiro atoms. The molecule has 0 fully saturated rings. The maximum absolute atomic E-state index is 4.15. The fourth-order valence-corrected chi connectivity index (χ4v) is 0.993. The van der Waals surface area contributed by atoms with Crippen LogP contribution in [0.3, 0.4) is 0 Å². The largest absolute Gasteiger partial charge is 0.253 e. The highest BCUT2D eigenvalue weighted by atomic mass is 15.5. The number of rotatable bonds is 1. The first-order valence-corrected chi connectivity index (χ1v) is 3.53. The molecule has 5 nitrogen and oxygen atoms in total. The van der Waals surface area contributed by atoms with E-state index in [9.17, 15) is 0 Å². The number of pyridine rings is 1. The van der Waals surface area contributed by atoms with E-state index >= 15 is 0 Å². The second kappa shape index (κ2) is 2.69. The number of tetrazole rings is 1. The van der Waals surface area contributed by atoms with Crippen molar-refractivity contribution in [3.8, 4) is 11.5 Å². The number of aromatic nitrogens is 5. The molecule has 0 aliphatic rings. The summed E-state index contributed by atoms with van der Waals surface area (Å²) in [7, 11) is 0. The van der Waals surface area contributed by atoms with Gasteiger partial charge in [-0.15, -0.1) is 5.10 Å². The molecule has 0 bridgehead atoms. The van der Waals surface area contributed by atoms with Crippen molar-refractivity contribution in [2.75, 3.05) is 0 Å². The Morgan fingerprint density at radius 3 is 3.00 bits per heavy atom. The molecule has 0 amide bonds. The summed E-state index contributed by atoms with van der Waals surface area (Å²) in [5.74, 6) is 0.605. The van der Waals surface area contributed by atoms with Crippen LogP contribution in [-0.2, 0) is 0 Å². The molecule has 0 saturated carbocycles. The van der Waals surface area contributed by atoms with E-state index in [2.05, 4.69) is 25.6 Å². The molecular formula is C7H7N5. The minimum absolute atomic E-state index is 0.605. The van der Waals surface area contributed by atoms with E-state index in [1.807, 2.05) is 19.1 Å². The Morgan fingerprint density at radius 2 is 2.33 bits per heavy atom. The van der Waals surface area contributed by atoms with E-state index in [1.165, 1.54) is 0 Å². The first kappa shape index (κ1) is 6.90. The van der Waals surface area contributed by atoms with E-state index in [0.717, 1.165) is 11.3 Å². The van der Waals surface area contributed by atoms with Gasteiger partial charge in [0, 0.05) is 6.20 Å². The standard InChI is InChI=1S/C7H7N5/c1-5-3-2-4-8-6(5)7-9-11-12-10-7/h2-4H,1H3,(H,9,10,11,12). The van der Waals surface area contributed by atoms with Gasteiger partial charge in [0.15, 0.2) is 5.82 Å². The van der Waals surface area contributed by atoms with Gasteiger partial charge in [-0.05, 0) is 29.0 Å². The molecule has 1 N–H and O–H groups in total. The van der Waals surface area contributed by atoms with Gasteiger partial charge < -0.3 is 0 Å². The summed E-state index contributed by atoms with van der Waals surface area (Å²) >= 11 is 0. The number of H-pyrrole nitrogens is 1. The van der Waals surface area contributed by atoms with Crippen LogP contribution in [0.4, 0.5) is 0 Å². The Labute approximate surface area is 68.8 Å². The number of hydrogen-bond acceptors (Lipinski definition) is 4. The third-order valence-corrected chi connectivity index (χ3v) is 1.58. The number of aromatic amines is 1. The zero-order valence-corrected chi connectivity index (χ0v) is 6.52. The molecule has 2 heterocycles. The van der Waals surface area contributed by atoms with Crippen LogP contribution in [0.1, 0.15) is 5.56 Å². The van der Waals surface area contributed by atoms with Crippen molar-refractivity contribution in [3.63, 3.8) is 0 Å². The lowest BCUT2D eigenvalue weighted by atomic mass is 10.2. The SMILES string of the molecule is Cc1cccnc1-c1nnn[nH]1. The van der Waals surface area contributed by atoms with Crippen LogP contribution in [0.25, 0.3) is 11.5 Å². The monoisotopic (exact) mass is 161 g/mol. The Hall–Kier alpha value is -1.78. The van der Waals surface area contributed by atoms with Crippen LogP contribution in [-0.4, -0.2) is 25.6 Å². The fraction of sp³-hybridized carbons (Fsp3) is 0.143. The maximum atomic E-state index is 4.15. The van der Waals surface area contributed by atoms with Gasteiger partial charge in [-0.2, -0.15) is 0 Å². The first-order valence-electron chi connectivity index (χ1n) is 3.53. The van der Waals surface area contributed by atoms with Gasteiger partial charge in [0.2, 0.25) is 0 Å². The summed E-state index contributed by atoms with van der Waals surface area (Å²) in [5, 5.41) is 13.4. The lowest BCUT2D eigenvalue weighted by molar-refractivity contribution is 0.881. The molecule has 60 valence electrons. The van der Waals surface area contributed by atoms with E-state index in [-0.39, 0.29) is 0 Å². The van der Waals surface area contributed by atoms with Crippen molar-refractivity contribution < 1.29 is 0 Å². The Kier molecular flexibility index (Phi) is 1.55. The van der Waals surface area contributed by atoms with Crippen molar-refractivity contribution in [1.82, 2.24) is 25.6 Å². The number of nitrogens with one attached hydrogen (secondary N) is 1. The van der Waals surface area contributed by atoms with Crippen molar-refractivity contribution in [2.24, 2.45) is 0 Å². The topological polar surface area (TPSA) is 67.3 Å².